The zero-order valence-corrected chi connectivity index (χ0v) is 18.9. The summed E-state index contributed by atoms with van der Waals surface area (Å²) in [5, 5.41) is 3.44. The lowest BCUT2D eigenvalue weighted by Gasteiger charge is -2.18. The van der Waals surface area contributed by atoms with Crippen LogP contribution in [0.15, 0.2) is 24.3 Å². The topological polar surface area (TPSA) is 110 Å². The summed E-state index contributed by atoms with van der Waals surface area (Å²) in [5.74, 6) is -0.586. The number of benzene rings is 1. The van der Waals surface area contributed by atoms with Crippen LogP contribution in [0.4, 0.5) is 5.00 Å². The van der Waals surface area contributed by atoms with Gasteiger partial charge >= 0.3 is 0 Å². The third-order valence-electron chi connectivity index (χ3n) is 6.17. The predicted molar refractivity (Wildman–Crippen MR) is 123 cm³/mol. The summed E-state index contributed by atoms with van der Waals surface area (Å²) in [6.07, 6.45) is 5.03. The van der Waals surface area contributed by atoms with E-state index in [4.69, 9.17) is 5.73 Å². The van der Waals surface area contributed by atoms with Crippen LogP contribution >= 0.6 is 11.3 Å². The quantitative estimate of drug-likeness (QED) is 0.468. The second-order valence-corrected chi connectivity index (χ2v) is 9.69. The summed E-state index contributed by atoms with van der Waals surface area (Å²) in [6.45, 7) is 2.53. The molecule has 4 rings (SSSR count). The van der Waals surface area contributed by atoms with E-state index in [-0.39, 0.29) is 17.7 Å². The maximum Gasteiger partial charge on any atom is 0.261 e. The van der Waals surface area contributed by atoms with Crippen molar-refractivity contribution in [2.45, 2.75) is 51.9 Å². The number of amides is 4. The molecule has 8 heteroatoms. The Morgan fingerprint density at radius 2 is 1.81 bits per heavy atom. The molecule has 2 aliphatic rings. The molecule has 32 heavy (non-hydrogen) atoms. The van der Waals surface area contributed by atoms with Crippen LogP contribution in [-0.2, 0) is 17.6 Å². The zero-order valence-electron chi connectivity index (χ0n) is 18.1. The van der Waals surface area contributed by atoms with Crippen molar-refractivity contribution in [3.63, 3.8) is 0 Å². The third kappa shape index (κ3) is 4.32. The van der Waals surface area contributed by atoms with Crippen LogP contribution in [0.25, 0.3) is 0 Å². The number of nitrogens with two attached hydrogens (primary N) is 1. The largest absolute Gasteiger partial charge is 0.365 e. The number of hydrogen-bond acceptors (Lipinski definition) is 5. The normalized spacial score (nSPS) is 17.3. The minimum absolute atomic E-state index is 0.153. The van der Waals surface area contributed by atoms with Gasteiger partial charge < -0.3 is 11.1 Å². The molecule has 0 saturated heterocycles. The van der Waals surface area contributed by atoms with E-state index in [2.05, 4.69) is 12.2 Å². The second kappa shape index (κ2) is 9.24. The van der Waals surface area contributed by atoms with Gasteiger partial charge in [0.15, 0.2) is 0 Å². The van der Waals surface area contributed by atoms with Crippen LogP contribution in [-0.4, -0.2) is 35.1 Å². The van der Waals surface area contributed by atoms with Gasteiger partial charge in [0.2, 0.25) is 5.91 Å². The van der Waals surface area contributed by atoms with Crippen molar-refractivity contribution in [3.8, 4) is 0 Å². The number of hydrogen-bond donors (Lipinski definition) is 2. The van der Waals surface area contributed by atoms with E-state index in [0.29, 0.717) is 59.8 Å². The molecule has 4 amide bonds. The zero-order chi connectivity index (χ0) is 22.8. The molecule has 1 atom stereocenters. The lowest BCUT2D eigenvalue weighted by atomic mass is 9.88. The Morgan fingerprint density at radius 3 is 2.47 bits per heavy atom. The number of rotatable bonds is 8. The number of carbonyl (C=O) groups excluding carboxylic acids is 4. The highest BCUT2D eigenvalue weighted by Gasteiger charge is 2.34. The van der Waals surface area contributed by atoms with Crippen molar-refractivity contribution in [2.75, 3.05) is 11.9 Å². The number of anilines is 1. The summed E-state index contributed by atoms with van der Waals surface area (Å²) >= 11 is 1.46. The fraction of sp³-hybridized carbons (Fsp3) is 0.417. The van der Waals surface area contributed by atoms with Crippen molar-refractivity contribution in [2.24, 2.45) is 11.7 Å². The average molecular weight is 454 g/mol. The van der Waals surface area contributed by atoms with Gasteiger partial charge in [-0.25, -0.2) is 0 Å². The van der Waals surface area contributed by atoms with E-state index >= 15 is 0 Å². The second-order valence-electron chi connectivity index (χ2n) is 8.59. The number of nitrogens with zero attached hydrogens (tertiary/aromatic N) is 1. The number of unbranched alkanes of at least 4 members (excludes halogenated alkanes) is 2. The molecule has 1 aliphatic carbocycles. The molecule has 2 aromatic rings. The molecule has 7 nitrogen and oxygen atoms in total. The highest BCUT2D eigenvalue weighted by Crippen LogP contribution is 2.39. The molecule has 0 radical (unpaired) electrons. The van der Waals surface area contributed by atoms with Gasteiger partial charge in [0.25, 0.3) is 17.7 Å². The molecule has 3 N–H and O–H groups in total. The molecule has 1 aromatic heterocycles. The highest BCUT2D eigenvalue weighted by molar-refractivity contribution is 7.17. The van der Waals surface area contributed by atoms with Crippen molar-refractivity contribution < 1.29 is 19.2 Å². The van der Waals surface area contributed by atoms with E-state index in [1.165, 1.54) is 16.2 Å². The van der Waals surface area contributed by atoms with Gasteiger partial charge in [0.05, 0.1) is 16.7 Å². The monoisotopic (exact) mass is 453 g/mol. The number of imide groups is 1. The maximum atomic E-state index is 12.5. The molecule has 0 saturated carbocycles. The Morgan fingerprint density at radius 1 is 1.12 bits per heavy atom. The Kier molecular flexibility index (Phi) is 6.41. The van der Waals surface area contributed by atoms with Crippen LogP contribution in [0, 0.1) is 5.92 Å². The van der Waals surface area contributed by atoms with E-state index in [0.717, 1.165) is 29.7 Å². The van der Waals surface area contributed by atoms with Gasteiger partial charge in [-0.15, -0.1) is 11.3 Å². The predicted octanol–water partition coefficient (Wildman–Crippen LogP) is 3.77. The number of primary amides is 1. The average Bonchev–Trinajstić information content (AvgIpc) is 3.23. The molecule has 0 fully saturated rings. The third-order valence-corrected chi connectivity index (χ3v) is 7.34. The number of nitrogens with one attached hydrogen (secondary N) is 1. The van der Waals surface area contributed by atoms with Gasteiger partial charge in [0, 0.05) is 17.8 Å². The fourth-order valence-electron chi connectivity index (χ4n) is 4.46. The number of carbonyl (C=O) groups is 4. The molecule has 1 unspecified atom stereocenters. The molecule has 0 bridgehead atoms. The minimum atomic E-state index is -0.492. The standard InChI is InChI=1S/C24H27N3O4S/c1-14-10-11-17-18(13-14)32-22(20(17)21(25)29)26-19(28)9-3-2-6-12-27-23(30)15-7-4-5-8-16(15)24(27)31/h4-5,7-8,14H,2-3,6,9-13H2,1H3,(H2,25,29)(H,26,28). The van der Waals surface area contributed by atoms with Crippen molar-refractivity contribution in [3.05, 3.63) is 51.4 Å². The van der Waals surface area contributed by atoms with Crippen LogP contribution in [0.3, 0.4) is 0 Å². The van der Waals surface area contributed by atoms with E-state index in [1.807, 2.05) is 0 Å². The van der Waals surface area contributed by atoms with Crippen molar-refractivity contribution >= 4 is 40.0 Å². The first-order valence-corrected chi connectivity index (χ1v) is 11.9. The first-order valence-electron chi connectivity index (χ1n) is 11.1. The lowest BCUT2D eigenvalue weighted by molar-refractivity contribution is -0.116. The summed E-state index contributed by atoms with van der Waals surface area (Å²) in [4.78, 5) is 51.6. The number of fused-ring (bicyclic) bond motifs is 2. The van der Waals surface area contributed by atoms with Crippen LogP contribution in [0.5, 0.6) is 0 Å². The Hall–Kier alpha value is -3.00. The SMILES string of the molecule is CC1CCc2c(sc(NC(=O)CCCCCN3C(=O)c4ccccc4C3=O)c2C(N)=O)C1. The van der Waals surface area contributed by atoms with Gasteiger partial charge in [-0.2, -0.15) is 0 Å². The van der Waals surface area contributed by atoms with Crippen LogP contribution in [0.2, 0.25) is 0 Å². The molecule has 1 aliphatic heterocycles. The minimum Gasteiger partial charge on any atom is -0.365 e. The first-order chi connectivity index (χ1) is 15.4. The Labute approximate surface area is 191 Å². The van der Waals surface area contributed by atoms with Gasteiger partial charge in [-0.1, -0.05) is 25.5 Å². The fourth-order valence-corrected chi connectivity index (χ4v) is 5.90. The summed E-state index contributed by atoms with van der Waals surface area (Å²) < 4.78 is 0. The van der Waals surface area contributed by atoms with E-state index < -0.39 is 5.91 Å². The van der Waals surface area contributed by atoms with Gasteiger partial charge in [-0.3, -0.25) is 24.1 Å². The molecule has 0 spiro atoms. The molecule has 168 valence electrons. The van der Waals surface area contributed by atoms with E-state index in [9.17, 15) is 19.2 Å². The Bertz CT molecular complexity index is 1060. The van der Waals surface area contributed by atoms with Crippen LogP contribution in [0.1, 0.15) is 80.5 Å². The summed E-state index contributed by atoms with van der Waals surface area (Å²) in [6, 6.07) is 6.84. The highest BCUT2D eigenvalue weighted by atomic mass is 32.1. The van der Waals surface area contributed by atoms with Gasteiger partial charge in [-0.05, 0) is 55.7 Å². The molecular formula is C24H27N3O4S. The molecule has 2 heterocycles. The molecule has 1 aromatic carbocycles. The lowest BCUT2D eigenvalue weighted by Crippen LogP contribution is -2.30. The Balaban J connectivity index is 1.26. The smallest absolute Gasteiger partial charge is 0.261 e. The number of thiophene rings is 1. The first kappa shape index (κ1) is 22.2. The molecular weight excluding hydrogens is 426 g/mol. The summed E-state index contributed by atoms with van der Waals surface area (Å²) in [7, 11) is 0. The van der Waals surface area contributed by atoms with Crippen molar-refractivity contribution in [1.82, 2.24) is 4.90 Å². The van der Waals surface area contributed by atoms with Gasteiger partial charge in [0.1, 0.15) is 5.00 Å². The van der Waals surface area contributed by atoms with Crippen LogP contribution < -0.4 is 11.1 Å². The van der Waals surface area contributed by atoms with Crippen molar-refractivity contribution in [1.29, 1.82) is 0 Å². The van der Waals surface area contributed by atoms with E-state index in [1.54, 1.807) is 24.3 Å². The maximum absolute atomic E-state index is 12.5. The summed E-state index contributed by atoms with van der Waals surface area (Å²) in [5.41, 5.74) is 7.98.